The molecule has 25 heavy (non-hydrogen) atoms. The van der Waals surface area contributed by atoms with Crippen molar-refractivity contribution in [2.45, 2.75) is 25.7 Å². The number of nitrogens with zero attached hydrogens (tertiary/aromatic N) is 1. The molecule has 0 saturated carbocycles. The number of oxazole rings is 1. The molecule has 0 saturated heterocycles. The molecule has 0 aliphatic rings. The molecular weight excluding hydrogens is 360 g/mol. The van der Waals surface area contributed by atoms with E-state index in [1.165, 1.54) is 0 Å². The summed E-state index contributed by atoms with van der Waals surface area (Å²) in [6.07, 6.45) is 1.57. The van der Waals surface area contributed by atoms with Gasteiger partial charge in [-0.2, -0.15) is 0 Å². The molecular formula is C18H17ClN2O3S. The van der Waals surface area contributed by atoms with Crippen LogP contribution in [-0.4, -0.2) is 13.4 Å². The minimum Gasteiger partial charge on any atom is -0.441 e. The van der Waals surface area contributed by atoms with Gasteiger partial charge in [-0.25, -0.2) is 13.4 Å². The molecule has 7 heteroatoms. The molecule has 0 amide bonds. The Morgan fingerprint density at radius 1 is 1.08 bits per heavy atom. The molecule has 130 valence electrons. The van der Waals surface area contributed by atoms with Gasteiger partial charge in [0.25, 0.3) is 10.0 Å². The van der Waals surface area contributed by atoms with Crippen molar-refractivity contribution in [2.75, 3.05) is 4.72 Å². The van der Waals surface area contributed by atoms with Crippen LogP contribution in [0.4, 0.5) is 5.69 Å². The largest absolute Gasteiger partial charge is 0.441 e. The van der Waals surface area contributed by atoms with Gasteiger partial charge in [0.2, 0.25) is 0 Å². The second-order valence-electron chi connectivity index (χ2n) is 5.81. The van der Waals surface area contributed by atoms with Crippen LogP contribution in [0.25, 0.3) is 11.3 Å². The summed E-state index contributed by atoms with van der Waals surface area (Å²) in [5.41, 5.74) is 2.55. The van der Waals surface area contributed by atoms with Gasteiger partial charge in [0, 0.05) is 12.5 Å². The molecule has 0 radical (unpaired) electrons. The lowest BCUT2D eigenvalue weighted by Crippen LogP contribution is -2.14. The fourth-order valence-corrected chi connectivity index (χ4v) is 4.13. The van der Waals surface area contributed by atoms with E-state index in [9.17, 15) is 8.42 Å². The van der Waals surface area contributed by atoms with E-state index >= 15 is 0 Å². The number of benzene rings is 2. The molecule has 0 bridgehead atoms. The van der Waals surface area contributed by atoms with Gasteiger partial charge in [0.15, 0.2) is 11.7 Å². The number of sulfonamides is 1. The number of halogens is 1. The van der Waals surface area contributed by atoms with Gasteiger partial charge in [-0.05, 0) is 43.2 Å². The van der Waals surface area contributed by atoms with Crippen LogP contribution in [0.2, 0.25) is 5.02 Å². The third-order valence-corrected chi connectivity index (χ3v) is 5.57. The Hall–Kier alpha value is -2.31. The lowest BCUT2D eigenvalue weighted by molar-refractivity contribution is 0.534. The van der Waals surface area contributed by atoms with Crippen LogP contribution in [0.1, 0.15) is 17.0 Å². The Labute approximate surface area is 151 Å². The molecule has 0 unspecified atom stereocenters. The summed E-state index contributed by atoms with van der Waals surface area (Å²) >= 11 is 6.14. The first-order valence-electron chi connectivity index (χ1n) is 7.59. The van der Waals surface area contributed by atoms with Crippen LogP contribution in [0.3, 0.4) is 0 Å². The van der Waals surface area contributed by atoms with Crippen molar-refractivity contribution in [3.05, 3.63) is 64.6 Å². The van der Waals surface area contributed by atoms with E-state index in [2.05, 4.69) is 9.71 Å². The highest BCUT2D eigenvalue weighted by Gasteiger charge is 2.20. The first-order chi connectivity index (χ1) is 11.8. The monoisotopic (exact) mass is 376 g/mol. The zero-order chi connectivity index (χ0) is 18.2. The summed E-state index contributed by atoms with van der Waals surface area (Å²) < 4.78 is 33.7. The lowest BCUT2D eigenvalue weighted by atomic mass is 10.1. The second kappa shape index (κ2) is 6.54. The summed E-state index contributed by atoms with van der Waals surface area (Å²) in [6, 6.07) is 10.3. The average Bonchev–Trinajstić information content (AvgIpc) is 2.97. The highest BCUT2D eigenvalue weighted by atomic mass is 35.5. The lowest BCUT2D eigenvalue weighted by Gasteiger charge is -2.13. The molecule has 0 fully saturated rings. The summed E-state index contributed by atoms with van der Waals surface area (Å²) in [5.74, 6) is 1.03. The molecule has 0 aliphatic carbocycles. The van der Waals surface area contributed by atoms with E-state index in [0.717, 1.165) is 5.56 Å². The van der Waals surface area contributed by atoms with Crippen molar-refractivity contribution in [1.29, 1.82) is 0 Å². The minimum absolute atomic E-state index is 0.163. The highest BCUT2D eigenvalue weighted by molar-refractivity contribution is 7.92. The maximum Gasteiger partial charge on any atom is 0.262 e. The molecule has 2 aromatic carbocycles. The number of anilines is 1. The van der Waals surface area contributed by atoms with Gasteiger partial charge in [-0.15, -0.1) is 0 Å². The van der Waals surface area contributed by atoms with Gasteiger partial charge in [0.05, 0.1) is 21.8 Å². The molecule has 5 nitrogen and oxygen atoms in total. The standard InChI is InChI=1S/C18H17ClN2O3S/c1-11-4-7-16(15(19)8-11)21-25(22,23)18-9-14(6-5-12(18)2)17-10-20-13(3)24-17/h4-10,21H,1-3H3. The van der Waals surface area contributed by atoms with E-state index in [-0.39, 0.29) is 4.90 Å². The van der Waals surface area contributed by atoms with Crippen molar-refractivity contribution in [1.82, 2.24) is 4.98 Å². The highest BCUT2D eigenvalue weighted by Crippen LogP contribution is 2.29. The van der Waals surface area contributed by atoms with Gasteiger partial charge in [0.1, 0.15) is 0 Å². The predicted octanol–water partition coefficient (Wildman–Crippen LogP) is 4.72. The van der Waals surface area contributed by atoms with Crippen LogP contribution in [-0.2, 0) is 10.0 Å². The topological polar surface area (TPSA) is 72.2 Å². The summed E-state index contributed by atoms with van der Waals surface area (Å²) in [4.78, 5) is 4.21. The normalized spacial score (nSPS) is 11.5. The van der Waals surface area contributed by atoms with E-state index < -0.39 is 10.0 Å². The number of hydrogen-bond donors (Lipinski definition) is 1. The first kappa shape index (κ1) is 17.5. The Morgan fingerprint density at radius 3 is 2.48 bits per heavy atom. The molecule has 0 spiro atoms. The maximum absolute atomic E-state index is 12.8. The van der Waals surface area contributed by atoms with Crippen LogP contribution < -0.4 is 4.72 Å². The van der Waals surface area contributed by atoms with E-state index in [1.807, 2.05) is 6.92 Å². The van der Waals surface area contributed by atoms with E-state index in [1.54, 1.807) is 56.4 Å². The van der Waals surface area contributed by atoms with Gasteiger partial charge in [-0.3, -0.25) is 4.72 Å². The van der Waals surface area contributed by atoms with Crippen LogP contribution in [0, 0.1) is 20.8 Å². The molecule has 1 heterocycles. The average molecular weight is 377 g/mol. The fourth-order valence-electron chi connectivity index (χ4n) is 2.44. The van der Waals surface area contributed by atoms with Crippen LogP contribution in [0.15, 0.2) is 51.9 Å². The third-order valence-electron chi connectivity index (χ3n) is 3.75. The summed E-state index contributed by atoms with van der Waals surface area (Å²) in [7, 11) is -3.80. The number of hydrogen-bond acceptors (Lipinski definition) is 4. The second-order valence-corrected chi connectivity index (χ2v) is 7.87. The van der Waals surface area contributed by atoms with E-state index in [0.29, 0.717) is 33.5 Å². The smallest absolute Gasteiger partial charge is 0.262 e. The first-order valence-corrected chi connectivity index (χ1v) is 9.45. The fraction of sp³-hybridized carbons (Fsp3) is 0.167. The number of rotatable bonds is 4. The Morgan fingerprint density at radius 2 is 1.84 bits per heavy atom. The molecule has 1 N–H and O–H groups in total. The predicted molar refractivity (Wildman–Crippen MR) is 98.4 cm³/mol. The van der Waals surface area contributed by atoms with Crippen molar-refractivity contribution in [2.24, 2.45) is 0 Å². The van der Waals surface area contributed by atoms with E-state index in [4.69, 9.17) is 16.0 Å². The Bertz CT molecular complexity index is 1040. The zero-order valence-corrected chi connectivity index (χ0v) is 15.6. The van der Waals surface area contributed by atoms with Crippen molar-refractivity contribution >= 4 is 27.3 Å². The maximum atomic E-state index is 12.8. The summed E-state index contributed by atoms with van der Waals surface area (Å²) in [5, 5.41) is 0.350. The SMILES string of the molecule is Cc1ccc(NS(=O)(=O)c2cc(-c3cnc(C)o3)ccc2C)c(Cl)c1. The molecule has 0 atom stereocenters. The van der Waals surface area contributed by atoms with Crippen molar-refractivity contribution < 1.29 is 12.8 Å². The number of nitrogens with one attached hydrogen (secondary N) is 1. The molecule has 3 aromatic rings. The Balaban J connectivity index is 2.01. The van der Waals surface area contributed by atoms with Crippen molar-refractivity contribution in [3.8, 4) is 11.3 Å². The quantitative estimate of drug-likeness (QED) is 0.715. The van der Waals surface area contributed by atoms with Gasteiger partial charge >= 0.3 is 0 Å². The Kier molecular flexibility index (Phi) is 4.58. The third kappa shape index (κ3) is 3.70. The zero-order valence-electron chi connectivity index (χ0n) is 14.0. The molecule has 1 aromatic heterocycles. The summed E-state index contributed by atoms with van der Waals surface area (Å²) in [6.45, 7) is 5.36. The number of aromatic nitrogens is 1. The molecule has 0 aliphatic heterocycles. The molecule has 3 rings (SSSR count). The van der Waals surface area contributed by atoms with Crippen LogP contribution in [0.5, 0.6) is 0 Å². The minimum atomic E-state index is -3.80. The van der Waals surface area contributed by atoms with Crippen LogP contribution >= 0.6 is 11.6 Å². The number of aryl methyl sites for hydroxylation is 3. The van der Waals surface area contributed by atoms with Crippen molar-refractivity contribution in [3.63, 3.8) is 0 Å². The van der Waals surface area contributed by atoms with Gasteiger partial charge < -0.3 is 4.42 Å². The van der Waals surface area contributed by atoms with Gasteiger partial charge in [-0.1, -0.05) is 29.8 Å².